The molecule has 0 heterocycles. The molecule has 0 aliphatic rings. The Bertz CT molecular complexity index is 936. The van der Waals surface area contributed by atoms with Gasteiger partial charge in [0.1, 0.15) is 23.4 Å². The fraction of sp³-hybridized carbons (Fsp3) is 0.783. The third-order valence-electron chi connectivity index (χ3n) is 5.09. The van der Waals surface area contributed by atoms with Gasteiger partial charge in [-0.3, -0.25) is 23.7 Å². The molecule has 226 valence electrons. The lowest BCUT2D eigenvalue weighted by Gasteiger charge is -2.23. The molecule has 6 N–H and O–H groups in total. The second kappa shape index (κ2) is 17.6. The molecule has 0 aromatic carbocycles. The molecule has 15 nitrogen and oxygen atoms in total. The first-order valence-electron chi connectivity index (χ1n) is 12.6. The molecule has 0 aliphatic carbocycles. The fourth-order valence-corrected chi connectivity index (χ4v) is 3.83. The molecule has 0 aliphatic heterocycles. The molecule has 39 heavy (non-hydrogen) atoms. The molecule has 0 bridgehead atoms. The highest BCUT2D eigenvalue weighted by molar-refractivity contribution is 7.85. The van der Waals surface area contributed by atoms with Crippen LogP contribution in [0.15, 0.2) is 0 Å². The third-order valence-corrected chi connectivity index (χ3v) is 5.85. The van der Waals surface area contributed by atoms with Crippen molar-refractivity contribution >= 4 is 39.9 Å². The predicted molar refractivity (Wildman–Crippen MR) is 141 cm³/mol. The highest BCUT2D eigenvalue weighted by Gasteiger charge is 2.27. The van der Waals surface area contributed by atoms with Gasteiger partial charge in [0.05, 0.1) is 6.54 Å². The average Bonchev–Trinajstić information content (AvgIpc) is 2.78. The Morgan fingerprint density at radius 1 is 0.923 bits per heavy atom. The van der Waals surface area contributed by atoms with Gasteiger partial charge in [-0.25, -0.2) is 4.79 Å². The van der Waals surface area contributed by atoms with E-state index in [4.69, 9.17) is 9.84 Å². The smallest absolute Gasteiger partial charge is 0.408 e. The van der Waals surface area contributed by atoms with Crippen molar-refractivity contribution in [2.45, 2.75) is 77.5 Å². The van der Waals surface area contributed by atoms with E-state index >= 15 is 0 Å². The number of likely N-dealkylation sites (N-methyl/N-ethyl adjacent to an activating group) is 1. The topological polar surface area (TPSA) is 221 Å². The first-order valence-corrected chi connectivity index (χ1v) is 14.2. The summed E-state index contributed by atoms with van der Waals surface area (Å²) in [4.78, 5) is 61.5. The lowest BCUT2D eigenvalue weighted by molar-refractivity contribution is -0.137. The molecule has 0 saturated carbocycles. The van der Waals surface area contributed by atoms with Gasteiger partial charge in [0.15, 0.2) is 0 Å². The lowest BCUT2D eigenvalue weighted by Crippen LogP contribution is -2.54. The molecule has 16 heteroatoms. The van der Waals surface area contributed by atoms with E-state index in [1.165, 1.54) is 0 Å². The van der Waals surface area contributed by atoms with E-state index in [1.54, 1.807) is 34.7 Å². The lowest BCUT2D eigenvalue weighted by atomic mass is 10.2. The van der Waals surface area contributed by atoms with E-state index in [1.807, 2.05) is 4.90 Å². The number of hydrogen-bond donors (Lipinski definition) is 6. The van der Waals surface area contributed by atoms with Crippen molar-refractivity contribution in [1.29, 1.82) is 0 Å². The summed E-state index contributed by atoms with van der Waals surface area (Å²) in [5.74, 6) is -4.35. The van der Waals surface area contributed by atoms with E-state index in [-0.39, 0.29) is 19.4 Å². The number of aliphatic carboxylic acids is 1. The zero-order valence-corrected chi connectivity index (χ0v) is 24.1. The van der Waals surface area contributed by atoms with Crippen LogP contribution in [-0.2, 0) is 34.0 Å². The first kappa shape index (κ1) is 36.0. The van der Waals surface area contributed by atoms with Crippen molar-refractivity contribution in [3.8, 4) is 0 Å². The minimum Gasteiger partial charge on any atom is -0.481 e. The molecule has 0 rings (SSSR count). The molecule has 2 atom stereocenters. The molecule has 0 aromatic rings. The maximum absolute atomic E-state index is 12.5. The van der Waals surface area contributed by atoms with Crippen LogP contribution in [0.4, 0.5) is 4.79 Å². The zero-order valence-electron chi connectivity index (χ0n) is 23.2. The molecule has 0 radical (unpaired) electrons. The van der Waals surface area contributed by atoms with Gasteiger partial charge < -0.3 is 36.0 Å². The molecule has 0 spiro atoms. The quantitative estimate of drug-likeness (QED) is 0.0892. The van der Waals surface area contributed by atoms with Crippen LogP contribution in [0.25, 0.3) is 0 Å². The number of alkyl carbamates (subject to hydrolysis) is 1. The van der Waals surface area contributed by atoms with Crippen LogP contribution in [0.2, 0.25) is 0 Å². The van der Waals surface area contributed by atoms with E-state index in [2.05, 4.69) is 21.3 Å². The van der Waals surface area contributed by atoms with Crippen LogP contribution in [-0.4, -0.2) is 109 Å². The van der Waals surface area contributed by atoms with Crippen LogP contribution < -0.4 is 21.3 Å². The molecule has 2 unspecified atom stereocenters. The van der Waals surface area contributed by atoms with Crippen molar-refractivity contribution in [1.82, 2.24) is 26.2 Å². The number of hydrogen-bond acceptors (Lipinski definition) is 9. The van der Waals surface area contributed by atoms with Crippen LogP contribution in [0.3, 0.4) is 0 Å². The number of amides is 4. The normalized spacial score (nSPS) is 13.2. The van der Waals surface area contributed by atoms with Crippen molar-refractivity contribution in [2.75, 3.05) is 39.0 Å². The van der Waals surface area contributed by atoms with Gasteiger partial charge in [-0.1, -0.05) is 13.3 Å². The fourth-order valence-electron chi connectivity index (χ4n) is 3.17. The Morgan fingerprint density at radius 2 is 1.54 bits per heavy atom. The van der Waals surface area contributed by atoms with Crippen molar-refractivity contribution < 1.29 is 46.8 Å². The number of nitrogens with zero attached hydrogens (tertiary/aromatic N) is 1. The summed E-state index contributed by atoms with van der Waals surface area (Å²) in [5, 5.41) is 18.0. The van der Waals surface area contributed by atoms with Gasteiger partial charge in [0.2, 0.25) is 17.7 Å². The molecule has 0 saturated heterocycles. The van der Waals surface area contributed by atoms with Gasteiger partial charge in [-0.15, -0.1) is 0 Å². The number of ether oxygens (including phenoxy) is 1. The molecule has 0 fully saturated rings. The van der Waals surface area contributed by atoms with Crippen LogP contribution in [0, 0.1) is 0 Å². The number of unbranched alkanes of at least 4 members (excludes halogenated alkanes) is 2. The van der Waals surface area contributed by atoms with E-state index < -0.39 is 69.9 Å². The van der Waals surface area contributed by atoms with Crippen LogP contribution in [0.5, 0.6) is 0 Å². The number of carboxylic acid groups (broad SMARTS) is 1. The molecular weight excluding hydrogens is 538 g/mol. The van der Waals surface area contributed by atoms with Gasteiger partial charge in [0.25, 0.3) is 10.1 Å². The number of nitrogens with one attached hydrogen (secondary N) is 4. The maximum Gasteiger partial charge on any atom is 0.408 e. The summed E-state index contributed by atoms with van der Waals surface area (Å²) in [6, 6.07) is -2.62. The Labute approximate surface area is 229 Å². The Balaban J connectivity index is 4.76. The van der Waals surface area contributed by atoms with E-state index in [0.717, 1.165) is 12.8 Å². The van der Waals surface area contributed by atoms with Gasteiger partial charge in [0, 0.05) is 19.5 Å². The van der Waals surface area contributed by atoms with Gasteiger partial charge in [-0.05, 0) is 53.6 Å². The highest BCUT2D eigenvalue weighted by Crippen LogP contribution is 2.07. The Morgan fingerprint density at radius 3 is 2.08 bits per heavy atom. The SMILES string of the molecule is CCC(NC(=O)OC(C)(C)C)C(=O)NCC(=O)NC(CS(=O)(=O)O)C(=O)NCCN(C)CCCCCC(=O)O. The highest BCUT2D eigenvalue weighted by atomic mass is 32.2. The number of carboxylic acids is 1. The summed E-state index contributed by atoms with van der Waals surface area (Å²) in [5.41, 5.74) is -0.778. The summed E-state index contributed by atoms with van der Waals surface area (Å²) < 4.78 is 37.1. The predicted octanol–water partition coefficient (Wildman–Crippen LogP) is -0.528. The summed E-state index contributed by atoms with van der Waals surface area (Å²) in [6.07, 6.45) is 1.54. The second-order valence-corrected chi connectivity index (χ2v) is 11.5. The number of rotatable bonds is 18. The van der Waals surface area contributed by atoms with Gasteiger partial charge >= 0.3 is 12.1 Å². The monoisotopic (exact) mass is 581 g/mol. The summed E-state index contributed by atoms with van der Waals surface area (Å²) in [7, 11) is -2.84. The molecular formula is C23H43N5O10S. The van der Waals surface area contributed by atoms with Crippen LogP contribution in [0.1, 0.15) is 59.8 Å². The Hall–Kier alpha value is -2.98. The minimum absolute atomic E-state index is 0.104. The van der Waals surface area contributed by atoms with E-state index in [9.17, 15) is 36.9 Å². The zero-order chi connectivity index (χ0) is 30.2. The third kappa shape index (κ3) is 19.7. The Kier molecular flexibility index (Phi) is 16.2. The molecule has 4 amide bonds. The second-order valence-electron chi connectivity index (χ2n) is 9.99. The van der Waals surface area contributed by atoms with Crippen LogP contribution >= 0.6 is 0 Å². The number of carbonyl (C=O) groups is 5. The average molecular weight is 582 g/mol. The number of carbonyl (C=O) groups excluding carboxylic acids is 4. The van der Waals surface area contributed by atoms with Crippen molar-refractivity contribution in [3.63, 3.8) is 0 Å². The molecule has 0 aromatic heterocycles. The minimum atomic E-state index is -4.63. The maximum atomic E-state index is 12.5. The standard InChI is InChI=1S/C23H43N5O10S/c1-6-16(27-22(34)38-23(2,3)4)20(32)25-14-18(29)26-17(15-39(35,36)37)21(33)24-11-13-28(5)12-9-7-8-10-19(30)31/h16-17H,6-15H2,1-5H3,(H,24,33)(H,25,32)(H,26,29)(H,27,34)(H,30,31)(H,35,36,37). The van der Waals surface area contributed by atoms with Crippen molar-refractivity contribution in [2.24, 2.45) is 0 Å². The summed E-state index contributed by atoms with van der Waals surface area (Å²) in [6.45, 7) is 7.15. The first-order chi connectivity index (χ1) is 17.9. The summed E-state index contributed by atoms with van der Waals surface area (Å²) >= 11 is 0. The van der Waals surface area contributed by atoms with Crippen molar-refractivity contribution in [3.05, 3.63) is 0 Å². The largest absolute Gasteiger partial charge is 0.481 e. The van der Waals surface area contributed by atoms with E-state index in [0.29, 0.717) is 19.5 Å². The van der Waals surface area contributed by atoms with Gasteiger partial charge in [-0.2, -0.15) is 8.42 Å².